The fourth-order valence-corrected chi connectivity index (χ4v) is 1.73. The zero-order chi connectivity index (χ0) is 15.6. The molecule has 2 aromatic rings. The molecule has 0 aliphatic heterocycles. The molecule has 2 rings (SSSR count). The van der Waals surface area contributed by atoms with Crippen molar-refractivity contribution in [1.82, 2.24) is 0 Å². The second-order valence-electron chi connectivity index (χ2n) is 4.25. The molecule has 1 amide bonds. The molecule has 0 atom stereocenters. The number of para-hydroxylation sites is 1. The average Bonchev–Trinajstić information content (AvgIpc) is 2.37. The minimum atomic E-state index is -4.54. The van der Waals surface area contributed by atoms with Gasteiger partial charge in [0.15, 0.2) is 0 Å². The molecule has 7 heteroatoms. The van der Waals surface area contributed by atoms with Crippen LogP contribution in [0.15, 0.2) is 42.5 Å². The molecule has 0 radical (unpaired) electrons. The van der Waals surface area contributed by atoms with Crippen LogP contribution in [0, 0.1) is 0 Å². The molecular formula is C14H11F3N2O2. The van der Waals surface area contributed by atoms with Gasteiger partial charge in [0.25, 0.3) is 5.91 Å². The maximum atomic E-state index is 12.7. The Morgan fingerprint density at radius 1 is 1.10 bits per heavy atom. The van der Waals surface area contributed by atoms with Crippen molar-refractivity contribution in [3.05, 3.63) is 53.6 Å². The molecule has 0 saturated carbocycles. The Balaban J connectivity index is 2.41. The number of hydrogen-bond acceptors (Lipinski definition) is 3. The van der Waals surface area contributed by atoms with Crippen LogP contribution in [0.2, 0.25) is 0 Å². The van der Waals surface area contributed by atoms with Gasteiger partial charge in [0, 0.05) is 11.8 Å². The van der Waals surface area contributed by atoms with Gasteiger partial charge in [-0.1, -0.05) is 12.1 Å². The number of carbonyl (C=O) groups excluding carboxylic acids is 1. The van der Waals surface area contributed by atoms with Crippen LogP contribution in [-0.2, 0) is 6.18 Å². The van der Waals surface area contributed by atoms with E-state index in [9.17, 15) is 18.0 Å². The lowest BCUT2D eigenvalue weighted by molar-refractivity contribution is -0.137. The number of hydrogen-bond donors (Lipinski definition) is 2. The van der Waals surface area contributed by atoms with Crippen LogP contribution in [0.5, 0.6) is 11.5 Å². The van der Waals surface area contributed by atoms with Crippen LogP contribution in [0.25, 0.3) is 0 Å². The van der Waals surface area contributed by atoms with E-state index in [1.807, 2.05) is 0 Å². The summed E-state index contributed by atoms with van der Waals surface area (Å²) in [5.74, 6) is -0.815. The summed E-state index contributed by atoms with van der Waals surface area (Å²) in [6, 6.07) is 8.80. The predicted octanol–water partition coefficient (Wildman–Crippen LogP) is 3.18. The second kappa shape index (κ2) is 5.35. The van der Waals surface area contributed by atoms with Gasteiger partial charge in [-0.15, -0.1) is 0 Å². The summed E-state index contributed by atoms with van der Waals surface area (Å²) in [6.07, 6.45) is -4.54. The molecule has 0 bridgehead atoms. The van der Waals surface area contributed by atoms with E-state index >= 15 is 0 Å². The molecule has 0 unspecified atom stereocenters. The highest BCUT2D eigenvalue weighted by molar-refractivity contribution is 5.95. The Kier molecular flexibility index (Phi) is 3.75. The second-order valence-corrected chi connectivity index (χ2v) is 4.25. The molecule has 0 spiro atoms. The standard InChI is InChI=1S/C14H11F3N2O2/c15-14(16,17)8-5-9(18)7-10(6-8)21-12-4-2-1-3-11(12)13(19)20/h1-7H,18H2,(H2,19,20). The fourth-order valence-electron chi connectivity index (χ4n) is 1.73. The SMILES string of the molecule is NC(=O)c1ccccc1Oc1cc(N)cc(C(F)(F)F)c1. The van der Waals surface area contributed by atoms with Crippen molar-refractivity contribution in [3.63, 3.8) is 0 Å². The lowest BCUT2D eigenvalue weighted by Gasteiger charge is -2.13. The molecule has 110 valence electrons. The van der Waals surface area contributed by atoms with Crippen molar-refractivity contribution < 1.29 is 22.7 Å². The molecule has 0 heterocycles. The first-order valence-corrected chi connectivity index (χ1v) is 5.82. The summed E-state index contributed by atoms with van der Waals surface area (Å²) in [6.45, 7) is 0. The van der Waals surface area contributed by atoms with Crippen molar-refractivity contribution in [2.75, 3.05) is 5.73 Å². The summed E-state index contributed by atoms with van der Waals surface area (Å²) < 4.78 is 43.4. The van der Waals surface area contributed by atoms with E-state index in [0.29, 0.717) is 0 Å². The van der Waals surface area contributed by atoms with Gasteiger partial charge in [0.05, 0.1) is 11.1 Å². The predicted molar refractivity (Wildman–Crippen MR) is 70.9 cm³/mol. The van der Waals surface area contributed by atoms with Crippen LogP contribution in [-0.4, -0.2) is 5.91 Å². The number of alkyl halides is 3. The minimum Gasteiger partial charge on any atom is -0.456 e. The number of carbonyl (C=O) groups is 1. The third-order valence-electron chi connectivity index (χ3n) is 2.64. The first-order chi connectivity index (χ1) is 9.77. The van der Waals surface area contributed by atoms with Crippen molar-refractivity contribution >= 4 is 11.6 Å². The highest BCUT2D eigenvalue weighted by Gasteiger charge is 2.31. The van der Waals surface area contributed by atoms with Gasteiger partial charge < -0.3 is 16.2 Å². The number of ether oxygens (including phenoxy) is 1. The lowest BCUT2D eigenvalue weighted by Crippen LogP contribution is -2.12. The van der Waals surface area contributed by atoms with E-state index in [1.54, 1.807) is 12.1 Å². The molecule has 0 aliphatic carbocycles. The molecule has 4 nitrogen and oxygen atoms in total. The highest BCUT2D eigenvalue weighted by atomic mass is 19.4. The lowest BCUT2D eigenvalue weighted by atomic mass is 10.1. The van der Waals surface area contributed by atoms with E-state index in [1.165, 1.54) is 18.2 Å². The highest BCUT2D eigenvalue weighted by Crippen LogP contribution is 2.35. The van der Waals surface area contributed by atoms with E-state index < -0.39 is 17.6 Å². The zero-order valence-corrected chi connectivity index (χ0v) is 10.6. The van der Waals surface area contributed by atoms with Gasteiger partial charge in [0.2, 0.25) is 0 Å². The molecular weight excluding hydrogens is 285 g/mol. The van der Waals surface area contributed by atoms with Crippen molar-refractivity contribution in [3.8, 4) is 11.5 Å². The number of nitrogen functional groups attached to an aromatic ring is 1. The Labute approximate surface area is 118 Å². The Morgan fingerprint density at radius 2 is 1.76 bits per heavy atom. The van der Waals surface area contributed by atoms with Crippen LogP contribution in [0.4, 0.5) is 18.9 Å². The summed E-state index contributed by atoms with van der Waals surface area (Å²) in [4.78, 5) is 11.2. The van der Waals surface area contributed by atoms with E-state index in [2.05, 4.69) is 0 Å². The summed E-state index contributed by atoms with van der Waals surface area (Å²) in [5.41, 5.74) is 9.64. The third kappa shape index (κ3) is 3.44. The van der Waals surface area contributed by atoms with Crippen LogP contribution in [0.1, 0.15) is 15.9 Å². The van der Waals surface area contributed by atoms with E-state index in [0.717, 1.165) is 12.1 Å². The molecule has 0 fully saturated rings. The van der Waals surface area contributed by atoms with Crippen LogP contribution in [0.3, 0.4) is 0 Å². The van der Waals surface area contributed by atoms with Gasteiger partial charge >= 0.3 is 6.18 Å². The fraction of sp³-hybridized carbons (Fsp3) is 0.0714. The Morgan fingerprint density at radius 3 is 2.38 bits per heavy atom. The first-order valence-electron chi connectivity index (χ1n) is 5.82. The topological polar surface area (TPSA) is 78.3 Å². The summed E-state index contributed by atoms with van der Waals surface area (Å²) in [5, 5.41) is 0. The van der Waals surface area contributed by atoms with Crippen LogP contribution < -0.4 is 16.2 Å². The Hall–Kier alpha value is -2.70. The first kappa shape index (κ1) is 14.7. The molecule has 0 saturated heterocycles. The van der Waals surface area contributed by atoms with Gasteiger partial charge in [0.1, 0.15) is 11.5 Å². The summed E-state index contributed by atoms with van der Waals surface area (Å²) in [7, 11) is 0. The number of rotatable bonds is 3. The monoisotopic (exact) mass is 296 g/mol. The zero-order valence-electron chi connectivity index (χ0n) is 10.6. The van der Waals surface area contributed by atoms with E-state index in [4.69, 9.17) is 16.2 Å². The van der Waals surface area contributed by atoms with Gasteiger partial charge in [-0.25, -0.2) is 0 Å². The number of primary amides is 1. The molecule has 0 aromatic heterocycles. The van der Waals surface area contributed by atoms with Gasteiger partial charge in [-0.3, -0.25) is 4.79 Å². The minimum absolute atomic E-state index is 0.0590. The van der Waals surface area contributed by atoms with Crippen LogP contribution >= 0.6 is 0 Å². The van der Waals surface area contributed by atoms with Gasteiger partial charge in [-0.05, 0) is 24.3 Å². The third-order valence-corrected chi connectivity index (χ3v) is 2.64. The number of nitrogens with two attached hydrogens (primary N) is 2. The Bertz CT molecular complexity index is 684. The quantitative estimate of drug-likeness (QED) is 0.854. The molecule has 2 aromatic carbocycles. The van der Waals surface area contributed by atoms with Gasteiger partial charge in [-0.2, -0.15) is 13.2 Å². The van der Waals surface area contributed by atoms with E-state index in [-0.39, 0.29) is 22.7 Å². The number of anilines is 1. The average molecular weight is 296 g/mol. The van der Waals surface area contributed by atoms with Crippen molar-refractivity contribution in [1.29, 1.82) is 0 Å². The normalized spacial score (nSPS) is 11.2. The maximum Gasteiger partial charge on any atom is 0.416 e. The smallest absolute Gasteiger partial charge is 0.416 e. The largest absolute Gasteiger partial charge is 0.456 e. The maximum absolute atomic E-state index is 12.7. The molecule has 0 aliphatic rings. The number of amides is 1. The molecule has 4 N–H and O–H groups in total. The van der Waals surface area contributed by atoms with Crippen molar-refractivity contribution in [2.45, 2.75) is 6.18 Å². The molecule has 21 heavy (non-hydrogen) atoms. The van der Waals surface area contributed by atoms with Crippen molar-refractivity contribution in [2.24, 2.45) is 5.73 Å². The number of halogens is 3. The number of benzene rings is 2. The summed E-state index contributed by atoms with van der Waals surface area (Å²) >= 11 is 0.